The van der Waals surface area contributed by atoms with Crippen LogP contribution in [0.4, 0.5) is 0 Å². The zero-order valence-corrected chi connectivity index (χ0v) is 15.7. The fraction of sp³-hybridized carbons (Fsp3) is 0.429. The molecule has 0 unspecified atom stereocenters. The van der Waals surface area contributed by atoms with Gasteiger partial charge < -0.3 is 15.4 Å². The van der Waals surface area contributed by atoms with Crippen LogP contribution in [0.3, 0.4) is 0 Å². The Balaban J connectivity index is 1.45. The molecule has 0 fully saturated rings. The highest BCUT2D eigenvalue weighted by Gasteiger charge is 1.98. The number of aliphatic imine (C=N–C) groups is 1. The van der Waals surface area contributed by atoms with Gasteiger partial charge in [-0.05, 0) is 37.0 Å². The van der Waals surface area contributed by atoms with Crippen LogP contribution in [-0.4, -0.2) is 44.3 Å². The maximum absolute atomic E-state index is 5.70. The van der Waals surface area contributed by atoms with Crippen LogP contribution in [0.15, 0.2) is 59.7 Å². The number of ether oxygens (including phenoxy) is 1. The summed E-state index contributed by atoms with van der Waals surface area (Å²) in [6.07, 6.45) is 5.80. The zero-order valence-electron chi connectivity index (χ0n) is 15.7. The maximum Gasteiger partial charge on any atom is 0.190 e. The first kappa shape index (κ1) is 19.9. The molecule has 1 aromatic carbocycles. The molecule has 2 rings (SSSR count). The summed E-state index contributed by atoms with van der Waals surface area (Å²) in [5.74, 6) is 0.839. The van der Waals surface area contributed by atoms with Crippen LogP contribution in [0.2, 0.25) is 0 Å². The van der Waals surface area contributed by atoms with Crippen LogP contribution in [-0.2, 0) is 17.6 Å². The van der Waals surface area contributed by atoms with E-state index in [1.807, 2.05) is 30.5 Å². The van der Waals surface area contributed by atoms with Gasteiger partial charge in [0, 0.05) is 45.1 Å². The zero-order chi connectivity index (χ0) is 18.3. The van der Waals surface area contributed by atoms with Crippen LogP contribution in [0.25, 0.3) is 0 Å². The van der Waals surface area contributed by atoms with Crippen molar-refractivity contribution in [2.75, 3.05) is 33.4 Å². The van der Waals surface area contributed by atoms with Gasteiger partial charge in [-0.3, -0.25) is 9.98 Å². The molecule has 0 spiro atoms. The number of pyridine rings is 1. The molecule has 1 heterocycles. The van der Waals surface area contributed by atoms with Crippen molar-refractivity contribution < 1.29 is 4.74 Å². The van der Waals surface area contributed by atoms with Gasteiger partial charge in [-0.15, -0.1) is 0 Å². The average molecular weight is 354 g/mol. The lowest BCUT2D eigenvalue weighted by Crippen LogP contribution is -2.38. The Bertz CT molecular complexity index is 616. The molecule has 0 aliphatic carbocycles. The van der Waals surface area contributed by atoms with Gasteiger partial charge in [-0.25, -0.2) is 0 Å². The molecule has 0 saturated heterocycles. The molecule has 0 aliphatic rings. The Hall–Kier alpha value is -2.40. The molecule has 1 aromatic heterocycles. The Morgan fingerprint density at radius 3 is 2.50 bits per heavy atom. The highest BCUT2D eigenvalue weighted by Crippen LogP contribution is 2.00. The number of rotatable bonds is 11. The molecule has 2 aromatic rings. The van der Waals surface area contributed by atoms with E-state index in [4.69, 9.17) is 4.74 Å². The molecule has 0 bridgehead atoms. The predicted octanol–water partition coefficient (Wildman–Crippen LogP) is 2.83. The van der Waals surface area contributed by atoms with E-state index in [0.29, 0.717) is 0 Å². The minimum atomic E-state index is 0.786. The summed E-state index contributed by atoms with van der Waals surface area (Å²) >= 11 is 0. The first-order chi connectivity index (χ1) is 12.9. The molecule has 26 heavy (non-hydrogen) atoms. The Morgan fingerprint density at radius 1 is 0.923 bits per heavy atom. The number of nitrogens with zero attached hydrogens (tertiary/aromatic N) is 2. The topological polar surface area (TPSA) is 58.5 Å². The van der Waals surface area contributed by atoms with E-state index in [-0.39, 0.29) is 0 Å². The van der Waals surface area contributed by atoms with Crippen LogP contribution >= 0.6 is 0 Å². The highest BCUT2D eigenvalue weighted by atomic mass is 16.5. The number of unbranched alkanes of at least 4 members (excludes halogenated alkanes) is 1. The monoisotopic (exact) mass is 354 g/mol. The molecule has 2 N–H and O–H groups in total. The minimum Gasteiger partial charge on any atom is -0.381 e. The second-order valence-corrected chi connectivity index (χ2v) is 6.05. The number of aromatic nitrogens is 1. The fourth-order valence-corrected chi connectivity index (χ4v) is 2.55. The van der Waals surface area contributed by atoms with Crippen LogP contribution in [0.5, 0.6) is 0 Å². The Labute approximate surface area is 156 Å². The molecule has 0 radical (unpaired) electrons. The number of nitrogens with one attached hydrogen (secondary N) is 2. The summed E-state index contributed by atoms with van der Waals surface area (Å²) in [7, 11) is 1.79. The van der Waals surface area contributed by atoms with Crippen molar-refractivity contribution in [1.82, 2.24) is 15.6 Å². The standard InChI is InChI=1S/C21H30N4O/c1-22-21(25-16-12-20-11-5-6-14-23-20)24-15-7-8-17-26-18-13-19-9-3-2-4-10-19/h2-6,9-11,14H,7-8,12-13,15-18H2,1H3,(H2,22,24,25). The average Bonchev–Trinajstić information content (AvgIpc) is 2.70. The Kier molecular flexibility index (Phi) is 9.88. The highest BCUT2D eigenvalue weighted by molar-refractivity contribution is 5.79. The van der Waals surface area contributed by atoms with Gasteiger partial charge in [0.15, 0.2) is 5.96 Å². The molecule has 140 valence electrons. The van der Waals surface area contributed by atoms with Gasteiger partial charge in [0.2, 0.25) is 0 Å². The smallest absolute Gasteiger partial charge is 0.190 e. The summed E-state index contributed by atoms with van der Waals surface area (Å²) in [5, 5.41) is 6.65. The summed E-state index contributed by atoms with van der Waals surface area (Å²) < 4.78 is 5.70. The summed E-state index contributed by atoms with van der Waals surface area (Å²) in [6, 6.07) is 16.4. The van der Waals surface area contributed by atoms with Crippen molar-refractivity contribution in [2.45, 2.75) is 25.7 Å². The number of hydrogen-bond donors (Lipinski definition) is 2. The lowest BCUT2D eigenvalue weighted by atomic mass is 10.2. The van der Waals surface area contributed by atoms with Gasteiger partial charge in [0.05, 0.1) is 6.61 Å². The van der Waals surface area contributed by atoms with E-state index >= 15 is 0 Å². The summed E-state index contributed by atoms with van der Waals surface area (Å²) in [6.45, 7) is 3.30. The van der Waals surface area contributed by atoms with E-state index in [1.54, 1.807) is 7.05 Å². The van der Waals surface area contributed by atoms with Crippen molar-refractivity contribution in [2.24, 2.45) is 4.99 Å². The van der Waals surface area contributed by atoms with E-state index in [9.17, 15) is 0 Å². The van der Waals surface area contributed by atoms with Crippen molar-refractivity contribution >= 4 is 5.96 Å². The minimum absolute atomic E-state index is 0.786. The molecule has 0 saturated carbocycles. The maximum atomic E-state index is 5.70. The van der Waals surface area contributed by atoms with Gasteiger partial charge >= 0.3 is 0 Å². The van der Waals surface area contributed by atoms with Gasteiger partial charge in [-0.1, -0.05) is 36.4 Å². The fourth-order valence-electron chi connectivity index (χ4n) is 2.55. The van der Waals surface area contributed by atoms with Crippen molar-refractivity contribution in [3.05, 3.63) is 66.0 Å². The van der Waals surface area contributed by atoms with E-state index in [0.717, 1.165) is 63.6 Å². The summed E-state index contributed by atoms with van der Waals surface area (Å²) in [5.41, 5.74) is 2.41. The summed E-state index contributed by atoms with van der Waals surface area (Å²) in [4.78, 5) is 8.56. The lowest BCUT2D eigenvalue weighted by Gasteiger charge is -2.11. The second kappa shape index (κ2) is 12.9. The third-order valence-electron chi connectivity index (χ3n) is 4.01. The molecule has 0 atom stereocenters. The van der Waals surface area contributed by atoms with E-state index in [1.165, 1.54) is 5.56 Å². The first-order valence-corrected chi connectivity index (χ1v) is 9.34. The molecule has 0 amide bonds. The SMILES string of the molecule is CN=C(NCCCCOCCc1ccccc1)NCCc1ccccn1. The first-order valence-electron chi connectivity index (χ1n) is 9.34. The Morgan fingerprint density at radius 2 is 1.73 bits per heavy atom. The molecular weight excluding hydrogens is 324 g/mol. The number of hydrogen-bond acceptors (Lipinski definition) is 3. The molecule has 0 aliphatic heterocycles. The van der Waals surface area contributed by atoms with Crippen molar-refractivity contribution in [3.8, 4) is 0 Å². The van der Waals surface area contributed by atoms with Crippen LogP contribution in [0.1, 0.15) is 24.1 Å². The lowest BCUT2D eigenvalue weighted by molar-refractivity contribution is 0.133. The second-order valence-electron chi connectivity index (χ2n) is 6.05. The van der Waals surface area contributed by atoms with Crippen LogP contribution < -0.4 is 10.6 Å². The van der Waals surface area contributed by atoms with E-state index in [2.05, 4.69) is 44.9 Å². The third-order valence-corrected chi connectivity index (χ3v) is 4.01. The molecular formula is C21H30N4O. The normalized spacial score (nSPS) is 11.3. The van der Waals surface area contributed by atoms with Crippen molar-refractivity contribution in [3.63, 3.8) is 0 Å². The van der Waals surface area contributed by atoms with Gasteiger partial charge in [-0.2, -0.15) is 0 Å². The van der Waals surface area contributed by atoms with Gasteiger partial charge in [0.1, 0.15) is 0 Å². The number of benzene rings is 1. The quantitative estimate of drug-likeness (QED) is 0.370. The number of guanidine groups is 1. The molecule has 5 heteroatoms. The third kappa shape index (κ3) is 8.62. The van der Waals surface area contributed by atoms with Crippen LogP contribution in [0, 0.1) is 0 Å². The van der Waals surface area contributed by atoms with Crippen molar-refractivity contribution in [1.29, 1.82) is 0 Å². The van der Waals surface area contributed by atoms with Gasteiger partial charge in [0.25, 0.3) is 0 Å². The largest absolute Gasteiger partial charge is 0.381 e. The molecule has 5 nitrogen and oxygen atoms in total. The van der Waals surface area contributed by atoms with E-state index < -0.39 is 0 Å². The predicted molar refractivity (Wildman–Crippen MR) is 108 cm³/mol.